The molecule has 0 aromatic carbocycles. The van der Waals surface area contributed by atoms with Crippen LogP contribution in [-0.2, 0) is 9.53 Å². The molecule has 2 atom stereocenters. The highest BCUT2D eigenvalue weighted by Crippen LogP contribution is 2.48. The number of rotatable bonds is 3. The van der Waals surface area contributed by atoms with Crippen LogP contribution in [0.3, 0.4) is 0 Å². The predicted octanol–water partition coefficient (Wildman–Crippen LogP) is 3.07. The van der Waals surface area contributed by atoms with E-state index in [1.807, 2.05) is 0 Å². The molecule has 1 saturated heterocycles. The van der Waals surface area contributed by atoms with Crippen LogP contribution >= 0.6 is 11.5 Å². The summed E-state index contributed by atoms with van der Waals surface area (Å²) < 4.78 is 24.8. The first-order valence-electron chi connectivity index (χ1n) is 8.08. The largest absolute Gasteiger partial charge is 0.444 e. The topological polar surface area (TPSA) is 71.5 Å². The minimum Gasteiger partial charge on any atom is -0.444 e. The van der Waals surface area contributed by atoms with Gasteiger partial charge in [0, 0.05) is 18.7 Å². The maximum absolute atomic E-state index is 15.6. The highest BCUT2D eigenvalue weighted by Gasteiger charge is 2.59. The smallest absolute Gasteiger partial charge is 0.410 e. The Balaban J connectivity index is 1.75. The van der Waals surface area contributed by atoms with E-state index >= 15 is 4.39 Å². The van der Waals surface area contributed by atoms with Gasteiger partial charge in [-0.1, -0.05) is 0 Å². The average Bonchev–Trinajstić information content (AvgIpc) is 3.05. The minimum atomic E-state index is -2.10. The molecule has 8 heteroatoms. The lowest BCUT2D eigenvalue weighted by molar-refractivity contribution is -0.129. The molecule has 2 aliphatic rings. The Hall–Kier alpha value is -1.70. The summed E-state index contributed by atoms with van der Waals surface area (Å²) in [5, 5.41) is 3.09. The summed E-state index contributed by atoms with van der Waals surface area (Å²) in [6, 6.07) is 1.62. The van der Waals surface area contributed by atoms with Gasteiger partial charge in [0.05, 0.1) is 6.54 Å². The lowest BCUT2D eigenvalue weighted by Gasteiger charge is -2.25. The number of likely N-dealkylation sites (tertiary alicyclic amines) is 1. The van der Waals surface area contributed by atoms with Crippen LogP contribution in [-0.4, -0.2) is 45.6 Å². The van der Waals surface area contributed by atoms with Gasteiger partial charge in [0.25, 0.3) is 5.91 Å². The number of carbonyl (C=O) groups excluding carboxylic acids is 2. The molecule has 24 heavy (non-hydrogen) atoms. The van der Waals surface area contributed by atoms with E-state index in [0.717, 1.165) is 24.4 Å². The zero-order chi connectivity index (χ0) is 17.5. The van der Waals surface area contributed by atoms with Crippen molar-refractivity contribution in [1.82, 2.24) is 9.27 Å². The molecule has 2 heterocycles. The van der Waals surface area contributed by atoms with Gasteiger partial charge in [0.15, 0.2) is 0 Å². The first-order valence-corrected chi connectivity index (χ1v) is 8.85. The SMILES string of the molecule is CC(C)(C)OC(=O)N1CC(C2CC2)C(F)(C(=O)Nc2ccns2)C1. The number of halogens is 1. The molecule has 0 spiro atoms. The van der Waals surface area contributed by atoms with Crippen LogP contribution in [0.15, 0.2) is 12.3 Å². The van der Waals surface area contributed by atoms with Crippen molar-refractivity contribution in [2.45, 2.75) is 44.9 Å². The third-order valence-electron chi connectivity index (χ3n) is 4.32. The van der Waals surface area contributed by atoms with E-state index in [1.54, 1.807) is 33.0 Å². The van der Waals surface area contributed by atoms with Crippen LogP contribution in [0.2, 0.25) is 0 Å². The van der Waals surface area contributed by atoms with Crippen molar-refractivity contribution in [3.05, 3.63) is 12.3 Å². The fraction of sp³-hybridized carbons (Fsp3) is 0.688. The number of amides is 2. The second-order valence-corrected chi connectivity index (χ2v) is 8.33. The number of nitrogens with zero attached hydrogens (tertiary/aromatic N) is 2. The quantitative estimate of drug-likeness (QED) is 0.904. The highest BCUT2D eigenvalue weighted by molar-refractivity contribution is 7.10. The van der Waals surface area contributed by atoms with Crippen molar-refractivity contribution in [3.63, 3.8) is 0 Å². The summed E-state index contributed by atoms with van der Waals surface area (Å²) >= 11 is 1.10. The summed E-state index contributed by atoms with van der Waals surface area (Å²) in [7, 11) is 0. The van der Waals surface area contributed by atoms with Crippen LogP contribution < -0.4 is 5.32 Å². The molecular weight excluding hydrogens is 333 g/mol. The van der Waals surface area contributed by atoms with E-state index in [1.165, 1.54) is 4.90 Å². The van der Waals surface area contributed by atoms with Crippen LogP contribution in [0.25, 0.3) is 0 Å². The van der Waals surface area contributed by atoms with Gasteiger partial charge in [-0.3, -0.25) is 4.79 Å². The van der Waals surface area contributed by atoms with Crippen LogP contribution in [0.1, 0.15) is 33.6 Å². The number of anilines is 1. The van der Waals surface area contributed by atoms with E-state index in [-0.39, 0.29) is 19.0 Å². The summed E-state index contributed by atoms with van der Waals surface area (Å²) in [6.45, 7) is 5.23. The minimum absolute atomic E-state index is 0.148. The Morgan fingerprint density at radius 1 is 1.46 bits per heavy atom. The van der Waals surface area contributed by atoms with E-state index in [0.29, 0.717) is 5.00 Å². The zero-order valence-electron chi connectivity index (χ0n) is 14.0. The Morgan fingerprint density at radius 3 is 2.71 bits per heavy atom. The molecule has 2 amide bonds. The van der Waals surface area contributed by atoms with Crippen LogP contribution in [0, 0.1) is 11.8 Å². The lowest BCUT2D eigenvalue weighted by atomic mass is 9.87. The maximum Gasteiger partial charge on any atom is 0.410 e. The molecule has 2 unspecified atom stereocenters. The Labute approximate surface area is 144 Å². The van der Waals surface area contributed by atoms with Crippen LogP contribution in [0.5, 0.6) is 0 Å². The van der Waals surface area contributed by atoms with Gasteiger partial charge >= 0.3 is 6.09 Å². The summed E-state index contributed by atoms with van der Waals surface area (Å²) in [4.78, 5) is 26.1. The van der Waals surface area contributed by atoms with E-state index in [2.05, 4.69) is 9.69 Å². The molecule has 3 rings (SSSR count). The number of ether oxygens (including phenoxy) is 1. The first-order chi connectivity index (χ1) is 11.2. The molecule has 0 bridgehead atoms. The van der Waals surface area contributed by atoms with Gasteiger partial charge < -0.3 is 15.0 Å². The average molecular weight is 355 g/mol. The molecule has 6 nitrogen and oxygen atoms in total. The molecule has 1 aromatic heterocycles. The zero-order valence-corrected chi connectivity index (χ0v) is 14.9. The van der Waals surface area contributed by atoms with Gasteiger partial charge in [0.2, 0.25) is 5.67 Å². The monoisotopic (exact) mass is 355 g/mol. The number of hydrogen-bond donors (Lipinski definition) is 1. The van der Waals surface area contributed by atoms with Gasteiger partial charge in [-0.05, 0) is 57.1 Å². The third kappa shape index (κ3) is 3.53. The summed E-state index contributed by atoms with van der Waals surface area (Å²) in [5.74, 6) is -1.04. The molecule has 2 fully saturated rings. The van der Waals surface area contributed by atoms with Gasteiger partial charge in [-0.25, -0.2) is 9.18 Å². The lowest BCUT2D eigenvalue weighted by Crippen LogP contribution is -2.47. The second kappa shape index (κ2) is 5.98. The molecule has 132 valence electrons. The molecule has 0 radical (unpaired) electrons. The van der Waals surface area contributed by atoms with Crippen LogP contribution in [0.4, 0.5) is 14.2 Å². The van der Waals surface area contributed by atoms with Gasteiger partial charge in [0.1, 0.15) is 10.6 Å². The highest BCUT2D eigenvalue weighted by atomic mass is 32.1. The Morgan fingerprint density at radius 2 is 2.17 bits per heavy atom. The fourth-order valence-corrected chi connectivity index (χ4v) is 3.56. The van der Waals surface area contributed by atoms with E-state index < -0.39 is 29.2 Å². The second-order valence-electron chi connectivity index (χ2n) is 7.50. The number of alkyl halides is 1. The predicted molar refractivity (Wildman–Crippen MR) is 88.6 cm³/mol. The summed E-state index contributed by atoms with van der Waals surface area (Å²) in [5.41, 5.74) is -2.75. The van der Waals surface area contributed by atoms with Gasteiger partial charge in [-0.2, -0.15) is 4.37 Å². The van der Waals surface area contributed by atoms with E-state index in [4.69, 9.17) is 4.74 Å². The Bertz CT molecular complexity index is 627. The molecule has 1 N–H and O–H groups in total. The molecule has 1 aliphatic carbocycles. The normalized spacial score (nSPS) is 27.2. The standard InChI is InChI=1S/C16H22FN3O3S/c1-15(2,3)23-14(22)20-8-11(10-4-5-10)16(17,9-20)13(21)19-12-6-7-18-24-12/h6-7,10-11H,4-5,8-9H2,1-3H3,(H,19,21). The van der Waals surface area contributed by atoms with Crippen molar-refractivity contribution in [2.75, 3.05) is 18.4 Å². The fourth-order valence-electron chi connectivity index (χ4n) is 3.06. The van der Waals surface area contributed by atoms with Crippen molar-refractivity contribution >= 4 is 28.5 Å². The van der Waals surface area contributed by atoms with Gasteiger partial charge in [-0.15, -0.1) is 0 Å². The number of aromatic nitrogens is 1. The Kier molecular flexibility index (Phi) is 4.27. The maximum atomic E-state index is 15.6. The molecular formula is C16H22FN3O3S. The molecule has 1 saturated carbocycles. The van der Waals surface area contributed by atoms with Crippen molar-refractivity contribution in [2.24, 2.45) is 11.8 Å². The van der Waals surface area contributed by atoms with Crippen molar-refractivity contribution < 1.29 is 18.7 Å². The third-order valence-corrected chi connectivity index (χ3v) is 4.98. The van der Waals surface area contributed by atoms with Crippen molar-refractivity contribution in [1.29, 1.82) is 0 Å². The van der Waals surface area contributed by atoms with E-state index in [9.17, 15) is 9.59 Å². The number of carbonyl (C=O) groups is 2. The van der Waals surface area contributed by atoms with Crippen molar-refractivity contribution in [3.8, 4) is 0 Å². The molecule has 1 aromatic rings. The number of hydrogen-bond acceptors (Lipinski definition) is 5. The molecule has 1 aliphatic heterocycles. The first kappa shape index (κ1) is 17.1. The summed E-state index contributed by atoms with van der Waals surface area (Å²) in [6.07, 6.45) is 2.77. The number of nitrogens with one attached hydrogen (secondary N) is 1.